The van der Waals surface area contributed by atoms with E-state index in [0.717, 1.165) is 44.8 Å². The Kier molecular flexibility index (Phi) is 8.08. The van der Waals surface area contributed by atoms with Gasteiger partial charge >= 0.3 is 6.01 Å². The van der Waals surface area contributed by atoms with Crippen LogP contribution in [0.4, 0.5) is 11.7 Å². The summed E-state index contributed by atoms with van der Waals surface area (Å²) < 4.78 is 12.1. The predicted octanol–water partition coefficient (Wildman–Crippen LogP) is 6.12. The molecule has 0 spiro atoms. The number of aliphatic hydroxyl groups excluding tert-OH is 1. The van der Waals surface area contributed by atoms with Gasteiger partial charge in [0.15, 0.2) is 0 Å². The van der Waals surface area contributed by atoms with Crippen molar-refractivity contribution in [3.05, 3.63) is 114 Å². The molecule has 0 fully saturated rings. The molecule has 1 aromatic heterocycles. The van der Waals surface area contributed by atoms with Crippen molar-refractivity contribution in [2.24, 2.45) is 0 Å². The van der Waals surface area contributed by atoms with Crippen molar-refractivity contribution < 1.29 is 14.3 Å². The van der Waals surface area contributed by atoms with Gasteiger partial charge in [0.2, 0.25) is 5.89 Å². The van der Waals surface area contributed by atoms with E-state index in [4.69, 9.17) is 9.15 Å². The summed E-state index contributed by atoms with van der Waals surface area (Å²) in [7, 11) is 0. The molecule has 5 aromatic rings. The third-order valence-corrected chi connectivity index (χ3v) is 6.23. The van der Waals surface area contributed by atoms with E-state index in [9.17, 15) is 5.11 Å². The van der Waals surface area contributed by atoms with Crippen LogP contribution >= 0.6 is 0 Å². The van der Waals surface area contributed by atoms with E-state index in [2.05, 4.69) is 46.0 Å². The second-order valence-electron chi connectivity index (χ2n) is 8.88. The average molecular weight is 507 g/mol. The molecule has 0 saturated heterocycles. The van der Waals surface area contributed by atoms with Gasteiger partial charge in [-0.25, -0.2) is 0 Å². The fourth-order valence-electron chi connectivity index (χ4n) is 4.28. The van der Waals surface area contributed by atoms with Gasteiger partial charge in [-0.3, -0.25) is 0 Å². The maximum atomic E-state index is 9.18. The van der Waals surface area contributed by atoms with E-state index in [1.807, 2.05) is 78.9 Å². The molecule has 3 N–H and O–H groups in total. The molecule has 0 aliphatic rings. The summed E-state index contributed by atoms with van der Waals surface area (Å²) in [5, 5.41) is 24.1. The largest absolute Gasteiger partial charge is 0.489 e. The first-order valence-electron chi connectivity index (χ1n) is 12.6. The number of hydrogen-bond acceptors (Lipinski definition) is 7. The summed E-state index contributed by atoms with van der Waals surface area (Å²) in [5.41, 5.74) is 7.07. The van der Waals surface area contributed by atoms with Crippen molar-refractivity contribution in [2.75, 3.05) is 18.5 Å². The minimum atomic E-state index is 0.0633. The van der Waals surface area contributed by atoms with Gasteiger partial charge in [0.05, 0.1) is 6.61 Å². The van der Waals surface area contributed by atoms with E-state index in [-0.39, 0.29) is 6.61 Å². The van der Waals surface area contributed by atoms with Crippen molar-refractivity contribution >= 4 is 11.7 Å². The molecule has 7 heteroatoms. The third-order valence-electron chi connectivity index (χ3n) is 6.23. The lowest BCUT2D eigenvalue weighted by Gasteiger charge is -2.14. The maximum Gasteiger partial charge on any atom is 0.320 e. The van der Waals surface area contributed by atoms with E-state index in [1.54, 1.807) is 0 Å². The molecule has 1 heterocycles. The second-order valence-corrected chi connectivity index (χ2v) is 8.88. The number of nitrogens with zero attached hydrogens (tertiary/aromatic N) is 2. The van der Waals surface area contributed by atoms with Crippen LogP contribution in [0.2, 0.25) is 0 Å². The zero-order valence-corrected chi connectivity index (χ0v) is 21.2. The van der Waals surface area contributed by atoms with Crippen LogP contribution in [0.3, 0.4) is 0 Å². The molecular formula is C31H30N4O3. The minimum absolute atomic E-state index is 0.0633. The SMILES string of the molecule is Cc1c(-c2ccccc2)cccc1-c1nnc(Nc2ccc(OCc3ccccc3)c(CNCCO)c2)o1. The first kappa shape index (κ1) is 25.2. The molecule has 0 atom stereocenters. The van der Waals surface area contributed by atoms with Crippen molar-refractivity contribution in [1.29, 1.82) is 0 Å². The summed E-state index contributed by atoms with van der Waals surface area (Å²) in [5.74, 6) is 1.22. The highest BCUT2D eigenvalue weighted by molar-refractivity contribution is 5.75. The van der Waals surface area contributed by atoms with E-state index in [0.29, 0.717) is 31.6 Å². The Morgan fingerprint density at radius 2 is 1.61 bits per heavy atom. The second kappa shape index (κ2) is 12.2. The number of aromatic nitrogens is 2. The van der Waals surface area contributed by atoms with Crippen LogP contribution in [0, 0.1) is 6.92 Å². The molecule has 4 aromatic carbocycles. The molecule has 0 bridgehead atoms. The van der Waals surface area contributed by atoms with Crippen LogP contribution in [0.1, 0.15) is 16.7 Å². The number of anilines is 2. The molecule has 38 heavy (non-hydrogen) atoms. The first-order valence-corrected chi connectivity index (χ1v) is 12.6. The molecule has 5 rings (SSSR count). The van der Waals surface area contributed by atoms with E-state index < -0.39 is 0 Å². The summed E-state index contributed by atoms with van der Waals surface area (Å²) >= 11 is 0. The van der Waals surface area contributed by atoms with Crippen molar-refractivity contribution in [3.63, 3.8) is 0 Å². The summed E-state index contributed by atoms with van der Waals surface area (Å²) in [6.07, 6.45) is 0. The Hall–Kier alpha value is -4.46. The molecule has 0 amide bonds. The number of hydrogen-bond donors (Lipinski definition) is 3. The Labute approximate surface area is 222 Å². The van der Waals surface area contributed by atoms with E-state index in [1.165, 1.54) is 0 Å². The monoisotopic (exact) mass is 506 g/mol. The number of nitrogens with one attached hydrogen (secondary N) is 2. The average Bonchev–Trinajstić information content (AvgIpc) is 3.42. The Morgan fingerprint density at radius 3 is 2.39 bits per heavy atom. The molecule has 0 radical (unpaired) electrons. The highest BCUT2D eigenvalue weighted by Crippen LogP contribution is 2.32. The third kappa shape index (κ3) is 6.08. The number of rotatable bonds is 11. The van der Waals surface area contributed by atoms with Crippen LogP contribution in [0.25, 0.3) is 22.6 Å². The zero-order valence-electron chi connectivity index (χ0n) is 21.2. The standard InChI is InChI=1S/C31H30N4O3/c1-22-27(24-11-6-3-7-12-24)13-8-14-28(22)30-34-35-31(38-30)33-26-15-16-29(25(19-26)20-32-17-18-36)37-21-23-9-4-2-5-10-23/h2-16,19,32,36H,17-18,20-21H2,1H3,(H,33,35). The Morgan fingerprint density at radius 1 is 0.842 bits per heavy atom. The van der Waals surface area contributed by atoms with Crippen LogP contribution in [-0.2, 0) is 13.2 Å². The lowest BCUT2D eigenvalue weighted by Crippen LogP contribution is -2.18. The number of benzene rings is 4. The fourth-order valence-corrected chi connectivity index (χ4v) is 4.28. The Bertz CT molecular complexity index is 1470. The summed E-state index contributed by atoms with van der Waals surface area (Å²) in [6.45, 7) is 3.63. The molecule has 0 aliphatic carbocycles. The smallest absolute Gasteiger partial charge is 0.320 e. The normalized spacial score (nSPS) is 10.9. The minimum Gasteiger partial charge on any atom is -0.489 e. The lowest BCUT2D eigenvalue weighted by molar-refractivity contribution is 0.288. The van der Waals surface area contributed by atoms with Gasteiger partial charge in [0.25, 0.3) is 0 Å². The Balaban J connectivity index is 1.34. The van der Waals surface area contributed by atoms with Gasteiger partial charge in [-0.05, 0) is 53.4 Å². The molecule has 0 saturated carbocycles. The predicted molar refractivity (Wildman–Crippen MR) is 149 cm³/mol. The first-order chi connectivity index (χ1) is 18.7. The quantitative estimate of drug-likeness (QED) is 0.186. The van der Waals surface area contributed by atoms with Crippen LogP contribution < -0.4 is 15.4 Å². The zero-order chi connectivity index (χ0) is 26.2. The molecule has 0 unspecified atom stereocenters. The van der Waals surface area contributed by atoms with Gasteiger partial charge in [0, 0.05) is 29.9 Å². The van der Waals surface area contributed by atoms with Crippen LogP contribution in [0.15, 0.2) is 101 Å². The lowest BCUT2D eigenvalue weighted by atomic mass is 9.96. The molecular weight excluding hydrogens is 476 g/mol. The molecule has 0 aliphatic heterocycles. The van der Waals surface area contributed by atoms with Crippen LogP contribution in [0.5, 0.6) is 5.75 Å². The molecule has 192 valence electrons. The van der Waals surface area contributed by atoms with Crippen molar-refractivity contribution in [1.82, 2.24) is 15.5 Å². The van der Waals surface area contributed by atoms with Crippen molar-refractivity contribution in [2.45, 2.75) is 20.1 Å². The number of ether oxygens (including phenoxy) is 1. The summed E-state index contributed by atoms with van der Waals surface area (Å²) in [6, 6.07) is 32.5. The van der Waals surface area contributed by atoms with Crippen LogP contribution in [-0.4, -0.2) is 28.5 Å². The fraction of sp³-hybridized carbons (Fsp3) is 0.161. The maximum absolute atomic E-state index is 9.18. The van der Waals surface area contributed by atoms with Gasteiger partial charge in [-0.1, -0.05) is 77.9 Å². The van der Waals surface area contributed by atoms with Gasteiger partial charge in [-0.15, -0.1) is 5.10 Å². The van der Waals surface area contributed by atoms with E-state index >= 15 is 0 Å². The topological polar surface area (TPSA) is 92.4 Å². The number of aliphatic hydroxyl groups is 1. The van der Waals surface area contributed by atoms with Gasteiger partial charge < -0.3 is 24.9 Å². The van der Waals surface area contributed by atoms with Gasteiger partial charge in [-0.2, -0.15) is 0 Å². The van der Waals surface area contributed by atoms with Crippen molar-refractivity contribution in [3.8, 4) is 28.3 Å². The highest BCUT2D eigenvalue weighted by Gasteiger charge is 2.15. The van der Waals surface area contributed by atoms with Gasteiger partial charge in [0.1, 0.15) is 12.4 Å². The summed E-state index contributed by atoms with van der Waals surface area (Å²) in [4.78, 5) is 0. The highest BCUT2D eigenvalue weighted by atomic mass is 16.5. The molecule has 7 nitrogen and oxygen atoms in total.